The molecule has 1 atom stereocenters. The van der Waals surface area contributed by atoms with Crippen molar-refractivity contribution in [3.05, 3.63) is 35.8 Å². The molecule has 0 radical (unpaired) electrons. The maximum absolute atomic E-state index is 9.29. The Labute approximate surface area is 117 Å². The van der Waals surface area contributed by atoms with E-state index in [1.807, 2.05) is 24.6 Å². The third-order valence-electron chi connectivity index (χ3n) is 3.60. The van der Waals surface area contributed by atoms with Crippen molar-refractivity contribution in [2.24, 2.45) is 4.99 Å². The summed E-state index contributed by atoms with van der Waals surface area (Å²) in [5, 5.41) is 21.5. The van der Waals surface area contributed by atoms with E-state index in [0.717, 1.165) is 37.0 Å². The SMILES string of the molecule is N#Cc1cc(C2=CN=CCC2)nn1C1C=CC(=N)CC1. The number of rotatable bonds is 2. The highest BCUT2D eigenvalue weighted by Gasteiger charge is 2.19. The lowest BCUT2D eigenvalue weighted by molar-refractivity contribution is 0.501. The quantitative estimate of drug-likeness (QED) is 0.892. The van der Waals surface area contributed by atoms with Crippen molar-refractivity contribution < 1.29 is 0 Å². The number of aliphatic imine (C=N–C) groups is 1. The highest BCUT2D eigenvalue weighted by Crippen LogP contribution is 2.26. The lowest BCUT2D eigenvalue weighted by Gasteiger charge is -2.18. The molecule has 0 amide bonds. The van der Waals surface area contributed by atoms with Crippen LogP contribution < -0.4 is 0 Å². The largest absolute Gasteiger partial charge is 0.305 e. The van der Waals surface area contributed by atoms with Crippen molar-refractivity contribution in [2.75, 3.05) is 0 Å². The van der Waals surface area contributed by atoms with Gasteiger partial charge < -0.3 is 5.41 Å². The van der Waals surface area contributed by atoms with E-state index in [0.29, 0.717) is 11.4 Å². The van der Waals surface area contributed by atoms with E-state index in [9.17, 15) is 5.26 Å². The van der Waals surface area contributed by atoms with E-state index in [1.165, 1.54) is 0 Å². The van der Waals surface area contributed by atoms with E-state index < -0.39 is 0 Å². The molecule has 1 N–H and O–H groups in total. The van der Waals surface area contributed by atoms with Crippen LogP contribution in [0.15, 0.2) is 29.4 Å². The molecular formula is C15H15N5. The van der Waals surface area contributed by atoms with E-state index in [1.54, 1.807) is 10.8 Å². The predicted octanol–water partition coefficient (Wildman–Crippen LogP) is 2.87. The Morgan fingerprint density at radius 2 is 2.30 bits per heavy atom. The van der Waals surface area contributed by atoms with E-state index >= 15 is 0 Å². The monoisotopic (exact) mass is 265 g/mol. The molecule has 2 aliphatic rings. The average Bonchev–Trinajstić information content (AvgIpc) is 2.93. The van der Waals surface area contributed by atoms with Gasteiger partial charge in [0.05, 0.1) is 11.7 Å². The van der Waals surface area contributed by atoms with Crippen LogP contribution in [-0.2, 0) is 0 Å². The summed E-state index contributed by atoms with van der Waals surface area (Å²) >= 11 is 0. The van der Waals surface area contributed by atoms with Crippen LogP contribution in [0, 0.1) is 16.7 Å². The van der Waals surface area contributed by atoms with Crippen LogP contribution >= 0.6 is 0 Å². The van der Waals surface area contributed by atoms with Crippen LogP contribution in [0.4, 0.5) is 0 Å². The first-order valence-corrected chi connectivity index (χ1v) is 6.74. The molecule has 20 heavy (non-hydrogen) atoms. The first-order chi connectivity index (χ1) is 9.78. The van der Waals surface area contributed by atoms with E-state index in [2.05, 4.69) is 16.2 Å². The van der Waals surface area contributed by atoms with Crippen molar-refractivity contribution in [2.45, 2.75) is 31.7 Å². The van der Waals surface area contributed by atoms with Gasteiger partial charge in [0, 0.05) is 24.2 Å². The van der Waals surface area contributed by atoms with Crippen molar-refractivity contribution in [3.63, 3.8) is 0 Å². The standard InChI is InChI=1S/C15H15N5/c16-9-14-8-15(11-2-1-7-18-10-11)19-20(14)13-5-3-12(17)4-6-13/h3,5,7-8,10,13,17H,1-2,4,6H2. The minimum absolute atomic E-state index is 0.0696. The predicted molar refractivity (Wildman–Crippen MR) is 77.8 cm³/mol. The minimum atomic E-state index is 0.0696. The Morgan fingerprint density at radius 3 is 2.95 bits per heavy atom. The van der Waals surface area contributed by atoms with Crippen molar-refractivity contribution in [1.82, 2.24) is 9.78 Å². The van der Waals surface area contributed by atoms with Crippen molar-refractivity contribution in [1.29, 1.82) is 10.7 Å². The smallest absolute Gasteiger partial charge is 0.139 e. The number of nitriles is 1. The van der Waals surface area contributed by atoms with E-state index in [4.69, 9.17) is 5.41 Å². The molecule has 0 spiro atoms. The van der Waals surface area contributed by atoms with Gasteiger partial charge in [-0.25, -0.2) is 4.68 Å². The minimum Gasteiger partial charge on any atom is -0.305 e. The lowest BCUT2D eigenvalue weighted by atomic mass is 10.0. The Kier molecular flexibility index (Phi) is 3.30. The van der Waals surface area contributed by atoms with Gasteiger partial charge in [0.25, 0.3) is 0 Å². The zero-order valence-corrected chi connectivity index (χ0v) is 11.1. The first-order valence-electron chi connectivity index (χ1n) is 6.74. The summed E-state index contributed by atoms with van der Waals surface area (Å²) in [6, 6.07) is 4.11. The van der Waals surface area contributed by atoms with Gasteiger partial charge in [-0.15, -0.1) is 0 Å². The zero-order chi connectivity index (χ0) is 13.9. The van der Waals surface area contributed by atoms with Gasteiger partial charge in [0.15, 0.2) is 0 Å². The second-order valence-corrected chi connectivity index (χ2v) is 4.99. The Balaban J connectivity index is 1.95. The van der Waals surface area contributed by atoms with Crippen LogP contribution in [-0.4, -0.2) is 21.7 Å². The molecule has 1 aromatic rings. The molecule has 5 nitrogen and oxygen atoms in total. The van der Waals surface area contributed by atoms with Gasteiger partial charge in [-0.1, -0.05) is 6.08 Å². The molecule has 0 bridgehead atoms. The second-order valence-electron chi connectivity index (χ2n) is 4.99. The normalized spacial score (nSPS) is 21.6. The maximum atomic E-state index is 9.29. The van der Waals surface area contributed by atoms with Gasteiger partial charge in [-0.3, -0.25) is 4.99 Å². The molecule has 0 saturated heterocycles. The molecule has 0 aromatic carbocycles. The summed E-state index contributed by atoms with van der Waals surface area (Å²) < 4.78 is 1.78. The lowest BCUT2D eigenvalue weighted by Crippen LogP contribution is -2.15. The molecule has 0 fully saturated rings. The topological polar surface area (TPSA) is 77.8 Å². The fraction of sp³-hybridized carbons (Fsp3) is 0.333. The third-order valence-corrected chi connectivity index (χ3v) is 3.60. The summed E-state index contributed by atoms with van der Waals surface area (Å²) in [7, 11) is 0. The summed E-state index contributed by atoms with van der Waals surface area (Å²) in [6.07, 6.45) is 10.9. The molecule has 0 saturated carbocycles. The zero-order valence-electron chi connectivity index (χ0n) is 11.1. The Hall–Kier alpha value is -2.48. The number of allylic oxidation sites excluding steroid dienone is 3. The van der Waals surface area contributed by atoms with Crippen LogP contribution in [0.1, 0.15) is 43.1 Å². The molecule has 5 heteroatoms. The number of nitrogens with one attached hydrogen (secondary N) is 1. The molecule has 1 aliphatic heterocycles. The van der Waals surface area contributed by atoms with Crippen molar-refractivity contribution >= 4 is 17.5 Å². The average molecular weight is 265 g/mol. The summed E-state index contributed by atoms with van der Waals surface area (Å²) in [4.78, 5) is 4.16. The van der Waals surface area contributed by atoms with Crippen LogP contribution in [0.2, 0.25) is 0 Å². The van der Waals surface area contributed by atoms with Gasteiger partial charge >= 0.3 is 0 Å². The fourth-order valence-corrected chi connectivity index (χ4v) is 2.50. The highest BCUT2D eigenvalue weighted by molar-refractivity contribution is 5.93. The fourth-order valence-electron chi connectivity index (χ4n) is 2.50. The Bertz CT molecular complexity index is 669. The van der Waals surface area contributed by atoms with Crippen molar-refractivity contribution in [3.8, 4) is 6.07 Å². The number of hydrogen-bond donors (Lipinski definition) is 1. The summed E-state index contributed by atoms with van der Waals surface area (Å²) in [5.74, 6) is 0. The van der Waals surface area contributed by atoms with E-state index in [-0.39, 0.29) is 6.04 Å². The molecule has 2 heterocycles. The molecule has 100 valence electrons. The summed E-state index contributed by atoms with van der Waals surface area (Å²) in [6.45, 7) is 0. The molecular weight excluding hydrogens is 250 g/mol. The second kappa shape index (κ2) is 5.25. The number of aromatic nitrogens is 2. The van der Waals surface area contributed by atoms with Gasteiger partial charge in [0.1, 0.15) is 11.8 Å². The molecule has 3 rings (SSSR count). The highest BCUT2D eigenvalue weighted by atomic mass is 15.3. The third kappa shape index (κ3) is 2.32. The van der Waals surface area contributed by atoms with Crippen LogP contribution in [0.3, 0.4) is 0 Å². The maximum Gasteiger partial charge on any atom is 0.139 e. The number of nitrogens with zero attached hydrogens (tertiary/aromatic N) is 4. The van der Waals surface area contributed by atoms with Crippen LogP contribution in [0.25, 0.3) is 5.57 Å². The molecule has 1 aromatic heterocycles. The van der Waals surface area contributed by atoms with Crippen LogP contribution in [0.5, 0.6) is 0 Å². The molecule has 1 unspecified atom stereocenters. The Morgan fingerprint density at radius 1 is 1.40 bits per heavy atom. The van der Waals surface area contributed by atoms with Gasteiger partial charge in [-0.05, 0) is 37.3 Å². The summed E-state index contributed by atoms with van der Waals surface area (Å²) in [5.41, 5.74) is 3.12. The molecule has 1 aliphatic carbocycles. The first kappa shape index (κ1) is 12.5. The number of hydrogen-bond acceptors (Lipinski definition) is 4. The van der Waals surface area contributed by atoms with Gasteiger partial charge in [0.2, 0.25) is 0 Å². The van der Waals surface area contributed by atoms with Gasteiger partial charge in [-0.2, -0.15) is 10.4 Å².